The van der Waals surface area contributed by atoms with Gasteiger partial charge in [-0.25, -0.2) is 9.07 Å². The molecule has 0 fully saturated rings. The Balaban J connectivity index is 1.56. The lowest BCUT2D eigenvalue weighted by molar-refractivity contribution is -0.141. The number of hydrogen-bond acceptors (Lipinski definition) is 3. The quantitative estimate of drug-likeness (QED) is 0.517. The second-order valence-electron chi connectivity index (χ2n) is 6.00. The molecule has 1 heterocycles. The van der Waals surface area contributed by atoms with Crippen molar-refractivity contribution in [3.63, 3.8) is 0 Å². The molecule has 0 atom stereocenters. The van der Waals surface area contributed by atoms with Crippen LogP contribution in [0.3, 0.4) is 0 Å². The van der Waals surface area contributed by atoms with E-state index < -0.39 is 29.5 Å². The summed E-state index contributed by atoms with van der Waals surface area (Å²) in [5, 5.41) is 3.44. The Kier molecular flexibility index (Phi) is 5.62. The molecule has 2 aromatic carbocycles. The van der Waals surface area contributed by atoms with Crippen molar-refractivity contribution in [1.29, 1.82) is 0 Å². The molecule has 1 aromatic heterocycles. The van der Waals surface area contributed by atoms with Crippen LogP contribution in [0.1, 0.15) is 21.6 Å². The third-order valence-electron chi connectivity index (χ3n) is 3.87. The Hall–Kier alpha value is -3.69. The van der Waals surface area contributed by atoms with Crippen molar-refractivity contribution in [3.05, 3.63) is 83.4 Å². The lowest BCUT2D eigenvalue weighted by Gasteiger charge is -2.08. The third-order valence-corrected chi connectivity index (χ3v) is 3.87. The predicted molar refractivity (Wildman–Crippen MR) is 94.3 cm³/mol. The van der Waals surface area contributed by atoms with Crippen molar-refractivity contribution in [2.24, 2.45) is 0 Å². The summed E-state index contributed by atoms with van der Waals surface area (Å²) in [4.78, 5) is 23.9. The predicted octanol–water partition coefficient (Wildman–Crippen LogP) is 3.03. The lowest BCUT2D eigenvalue weighted by Crippen LogP contribution is -2.42. The number of hydrazine groups is 1. The van der Waals surface area contributed by atoms with Gasteiger partial charge in [0.15, 0.2) is 5.69 Å². The van der Waals surface area contributed by atoms with Crippen LogP contribution >= 0.6 is 0 Å². The third kappa shape index (κ3) is 5.18. The lowest BCUT2D eigenvalue weighted by atomic mass is 10.1. The van der Waals surface area contributed by atoms with Crippen LogP contribution in [-0.2, 0) is 17.4 Å². The minimum Gasteiger partial charge on any atom is -0.273 e. The van der Waals surface area contributed by atoms with Crippen LogP contribution in [0.5, 0.6) is 0 Å². The van der Waals surface area contributed by atoms with Crippen molar-refractivity contribution >= 4 is 11.8 Å². The smallest absolute Gasteiger partial charge is 0.273 e. The second kappa shape index (κ2) is 8.13. The topological polar surface area (TPSA) is 76.0 Å². The van der Waals surface area contributed by atoms with Gasteiger partial charge in [-0.1, -0.05) is 12.1 Å². The number of halogens is 4. The molecule has 0 unspecified atom stereocenters. The first kappa shape index (κ1) is 20.1. The summed E-state index contributed by atoms with van der Waals surface area (Å²) >= 11 is 0. The standard InChI is InChI=1S/C19H14F4N4O2/c20-14-5-1-12(2-6-14)11-17(28)24-25-18(29)13-3-7-15(8-4-13)27-10-9-16(26-27)19(21,22)23/h1-10H,11H2,(H,24,28)(H,25,29). The summed E-state index contributed by atoms with van der Waals surface area (Å²) in [7, 11) is 0. The summed E-state index contributed by atoms with van der Waals surface area (Å²) in [6.07, 6.45) is -3.44. The van der Waals surface area contributed by atoms with Crippen molar-refractivity contribution in [2.75, 3.05) is 0 Å². The zero-order valence-electron chi connectivity index (χ0n) is 14.7. The maximum atomic E-state index is 12.8. The van der Waals surface area contributed by atoms with Crippen molar-refractivity contribution in [3.8, 4) is 5.69 Å². The molecule has 2 amide bonds. The number of benzene rings is 2. The zero-order chi connectivity index (χ0) is 21.0. The number of nitrogens with zero attached hydrogens (tertiary/aromatic N) is 2. The Labute approximate surface area is 162 Å². The van der Waals surface area contributed by atoms with Gasteiger partial charge >= 0.3 is 6.18 Å². The number of amides is 2. The zero-order valence-corrected chi connectivity index (χ0v) is 14.7. The molecule has 0 radical (unpaired) electrons. The van der Waals surface area contributed by atoms with Gasteiger partial charge in [0.25, 0.3) is 5.91 Å². The van der Waals surface area contributed by atoms with Gasteiger partial charge in [-0.3, -0.25) is 20.4 Å². The minimum absolute atomic E-state index is 0.0552. The minimum atomic E-state index is -4.54. The first-order valence-corrected chi connectivity index (χ1v) is 8.29. The van der Waals surface area contributed by atoms with Gasteiger partial charge in [0.05, 0.1) is 12.1 Å². The number of aromatic nitrogens is 2. The summed E-state index contributed by atoms with van der Waals surface area (Å²) in [5.41, 5.74) is 4.52. The number of alkyl halides is 3. The Morgan fingerprint density at radius 1 is 0.931 bits per heavy atom. The van der Waals surface area contributed by atoms with Crippen LogP contribution in [0.2, 0.25) is 0 Å². The van der Waals surface area contributed by atoms with Crippen LogP contribution in [-0.4, -0.2) is 21.6 Å². The van der Waals surface area contributed by atoms with Crippen LogP contribution in [0.4, 0.5) is 17.6 Å². The van der Waals surface area contributed by atoms with Gasteiger partial charge in [-0.2, -0.15) is 18.3 Å². The fourth-order valence-electron chi connectivity index (χ4n) is 2.41. The molecule has 0 aliphatic carbocycles. The molecule has 0 aliphatic rings. The van der Waals surface area contributed by atoms with E-state index in [0.29, 0.717) is 11.3 Å². The molecule has 0 saturated carbocycles. The largest absolute Gasteiger partial charge is 0.435 e. The van der Waals surface area contributed by atoms with Gasteiger partial charge in [-0.05, 0) is 48.0 Å². The van der Waals surface area contributed by atoms with E-state index in [1.165, 1.54) is 48.5 Å². The Morgan fingerprint density at radius 2 is 1.59 bits per heavy atom. The van der Waals surface area contributed by atoms with Gasteiger partial charge in [-0.15, -0.1) is 0 Å². The maximum Gasteiger partial charge on any atom is 0.435 e. The average molecular weight is 406 g/mol. The molecular weight excluding hydrogens is 392 g/mol. The second-order valence-corrected chi connectivity index (χ2v) is 6.00. The van der Waals surface area contributed by atoms with E-state index >= 15 is 0 Å². The fourth-order valence-corrected chi connectivity index (χ4v) is 2.41. The van der Waals surface area contributed by atoms with Gasteiger partial charge in [0.2, 0.25) is 5.91 Å². The highest BCUT2D eigenvalue weighted by Crippen LogP contribution is 2.27. The molecule has 150 valence electrons. The highest BCUT2D eigenvalue weighted by atomic mass is 19.4. The van der Waals surface area contributed by atoms with Crippen LogP contribution in [0, 0.1) is 5.82 Å². The van der Waals surface area contributed by atoms with E-state index in [-0.39, 0.29) is 12.0 Å². The molecule has 6 nitrogen and oxygen atoms in total. The first-order chi connectivity index (χ1) is 13.7. The normalized spacial score (nSPS) is 11.2. The van der Waals surface area contributed by atoms with Crippen molar-refractivity contribution in [2.45, 2.75) is 12.6 Å². The number of rotatable bonds is 4. The molecule has 0 bridgehead atoms. The molecular formula is C19H14F4N4O2. The van der Waals surface area contributed by atoms with E-state index in [0.717, 1.165) is 16.9 Å². The Morgan fingerprint density at radius 3 is 2.17 bits per heavy atom. The summed E-state index contributed by atoms with van der Waals surface area (Å²) in [6, 6.07) is 11.8. The molecule has 2 N–H and O–H groups in total. The fraction of sp³-hybridized carbons (Fsp3) is 0.105. The number of nitrogens with one attached hydrogen (secondary N) is 2. The molecule has 3 aromatic rings. The Bertz CT molecular complexity index is 1010. The molecule has 0 saturated heterocycles. The molecule has 0 spiro atoms. The van der Waals surface area contributed by atoms with Crippen LogP contribution in [0.25, 0.3) is 5.69 Å². The summed E-state index contributed by atoms with van der Waals surface area (Å²) in [6.45, 7) is 0. The highest BCUT2D eigenvalue weighted by molar-refractivity contribution is 5.95. The van der Waals surface area contributed by atoms with Crippen LogP contribution in [0.15, 0.2) is 60.8 Å². The van der Waals surface area contributed by atoms with E-state index in [4.69, 9.17) is 0 Å². The van der Waals surface area contributed by atoms with Gasteiger partial charge < -0.3 is 0 Å². The molecule has 0 aliphatic heterocycles. The number of hydrogen-bond donors (Lipinski definition) is 2. The van der Waals surface area contributed by atoms with E-state index in [1.807, 2.05) is 0 Å². The van der Waals surface area contributed by atoms with E-state index in [2.05, 4.69) is 16.0 Å². The summed E-state index contributed by atoms with van der Waals surface area (Å²) < 4.78 is 51.7. The number of carbonyl (C=O) groups excluding carboxylic acids is 2. The maximum absolute atomic E-state index is 12.8. The molecule has 3 rings (SSSR count). The van der Waals surface area contributed by atoms with Gasteiger partial charge in [0, 0.05) is 11.8 Å². The molecule has 29 heavy (non-hydrogen) atoms. The number of carbonyl (C=O) groups is 2. The van der Waals surface area contributed by atoms with Crippen LogP contribution < -0.4 is 10.9 Å². The van der Waals surface area contributed by atoms with E-state index in [9.17, 15) is 27.2 Å². The molecule has 10 heteroatoms. The van der Waals surface area contributed by atoms with Crippen molar-refractivity contribution < 1.29 is 27.2 Å². The first-order valence-electron chi connectivity index (χ1n) is 8.29. The summed E-state index contributed by atoms with van der Waals surface area (Å²) in [5.74, 6) is -1.53. The van der Waals surface area contributed by atoms with Crippen molar-refractivity contribution in [1.82, 2.24) is 20.6 Å². The SMILES string of the molecule is O=C(Cc1ccc(F)cc1)NNC(=O)c1ccc(-n2ccc(C(F)(F)F)n2)cc1. The average Bonchev–Trinajstić information content (AvgIpc) is 3.19. The monoisotopic (exact) mass is 406 g/mol. The van der Waals surface area contributed by atoms with E-state index in [1.54, 1.807) is 0 Å². The highest BCUT2D eigenvalue weighted by Gasteiger charge is 2.33. The van der Waals surface area contributed by atoms with Gasteiger partial charge in [0.1, 0.15) is 5.82 Å².